The van der Waals surface area contributed by atoms with Crippen molar-refractivity contribution < 1.29 is 23.8 Å². The number of hydrogen-bond acceptors (Lipinski definition) is 5. The summed E-state index contributed by atoms with van der Waals surface area (Å²) >= 11 is 0. The zero-order valence-corrected chi connectivity index (χ0v) is 14.3. The van der Waals surface area contributed by atoms with Crippen LogP contribution in [0, 0.1) is 0 Å². The van der Waals surface area contributed by atoms with Crippen molar-refractivity contribution in [1.29, 1.82) is 0 Å². The number of carbonyl (C=O) groups is 2. The largest absolute Gasteiger partial charge is 0.513 e. The van der Waals surface area contributed by atoms with E-state index in [-0.39, 0.29) is 12.4 Å². The molecule has 0 radical (unpaired) electrons. The van der Waals surface area contributed by atoms with E-state index in [2.05, 4.69) is 0 Å². The highest BCUT2D eigenvalue weighted by Crippen LogP contribution is 2.16. The van der Waals surface area contributed by atoms with Gasteiger partial charge in [0.15, 0.2) is 0 Å². The van der Waals surface area contributed by atoms with E-state index in [0.717, 1.165) is 18.4 Å². The Labute approximate surface area is 147 Å². The van der Waals surface area contributed by atoms with Crippen molar-refractivity contribution >= 4 is 12.1 Å². The highest BCUT2D eigenvalue weighted by Gasteiger charge is 2.08. The molecule has 0 aliphatic carbocycles. The van der Waals surface area contributed by atoms with Crippen LogP contribution in [0.4, 0.5) is 4.79 Å². The summed E-state index contributed by atoms with van der Waals surface area (Å²) in [7, 11) is 0. The fraction of sp³-hybridized carbons (Fsp3) is 0.300. The predicted molar refractivity (Wildman–Crippen MR) is 93.7 cm³/mol. The molecule has 0 aliphatic heterocycles. The van der Waals surface area contributed by atoms with Gasteiger partial charge in [-0.15, -0.1) is 0 Å². The minimum absolute atomic E-state index is 0.235. The molecule has 0 saturated heterocycles. The summed E-state index contributed by atoms with van der Waals surface area (Å²) in [4.78, 5) is 23.4. The van der Waals surface area contributed by atoms with Crippen molar-refractivity contribution in [2.24, 2.45) is 0 Å². The lowest BCUT2D eigenvalue weighted by Crippen LogP contribution is -2.11. The maximum Gasteiger partial charge on any atom is 0.513 e. The number of para-hydroxylation sites is 1. The summed E-state index contributed by atoms with van der Waals surface area (Å²) in [6.45, 7) is 2.36. The van der Waals surface area contributed by atoms with Crippen molar-refractivity contribution in [2.75, 3.05) is 6.61 Å². The van der Waals surface area contributed by atoms with Crippen molar-refractivity contribution in [3.05, 3.63) is 60.2 Å². The van der Waals surface area contributed by atoms with Crippen LogP contribution in [-0.2, 0) is 16.0 Å². The van der Waals surface area contributed by atoms with Crippen molar-refractivity contribution in [3.8, 4) is 11.5 Å². The van der Waals surface area contributed by atoms with Crippen LogP contribution in [0.25, 0.3) is 0 Å². The summed E-state index contributed by atoms with van der Waals surface area (Å²) in [5, 5.41) is 0. The molecule has 0 heterocycles. The summed E-state index contributed by atoms with van der Waals surface area (Å²) in [5.74, 6) is 0.617. The molecule has 0 bridgehead atoms. The maximum absolute atomic E-state index is 11.9. The molecule has 0 spiro atoms. The van der Waals surface area contributed by atoms with E-state index in [1.54, 1.807) is 30.3 Å². The standard InChI is InChI=1S/C20H22O5/c1-2-3-14-23-20(22)25-18-11-7-8-16(15-18)12-13-19(21)24-17-9-5-4-6-10-17/h4-11,15H,2-3,12-14H2,1H3. The zero-order chi connectivity index (χ0) is 17.9. The van der Waals surface area contributed by atoms with Gasteiger partial charge < -0.3 is 14.2 Å². The number of carbonyl (C=O) groups excluding carboxylic acids is 2. The number of benzene rings is 2. The minimum Gasteiger partial charge on any atom is -0.434 e. The van der Waals surface area contributed by atoms with E-state index >= 15 is 0 Å². The second kappa shape index (κ2) is 10.1. The minimum atomic E-state index is -0.714. The van der Waals surface area contributed by atoms with Crippen LogP contribution < -0.4 is 9.47 Å². The monoisotopic (exact) mass is 342 g/mol. The van der Waals surface area contributed by atoms with Crippen LogP contribution in [0.2, 0.25) is 0 Å². The Kier molecular flexibility index (Phi) is 7.50. The average molecular weight is 342 g/mol. The third-order valence-electron chi connectivity index (χ3n) is 3.41. The molecule has 0 saturated carbocycles. The molecule has 2 aromatic carbocycles. The van der Waals surface area contributed by atoms with Crippen LogP contribution in [0.5, 0.6) is 11.5 Å². The number of esters is 1. The van der Waals surface area contributed by atoms with Gasteiger partial charge in [0.1, 0.15) is 11.5 Å². The van der Waals surface area contributed by atoms with Gasteiger partial charge in [-0.05, 0) is 42.7 Å². The van der Waals surface area contributed by atoms with Gasteiger partial charge in [0, 0.05) is 6.42 Å². The molecule has 25 heavy (non-hydrogen) atoms. The van der Waals surface area contributed by atoms with E-state index in [4.69, 9.17) is 14.2 Å². The van der Waals surface area contributed by atoms with Crippen LogP contribution >= 0.6 is 0 Å². The summed E-state index contributed by atoms with van der Waals surface area (Å²) < 4.78 is 15.3. The summed E-state index contributed by atoms with van der Waals surface area (Å²) in [6, 6.07) is 16.0. The van der Waals surface area contributed by atoms with E-state index in [1.165, 1.54) is 0 Å². The second-order valence-corrected chi connectivity index (χ2v) is 5.49. The van der Waals surface area contributed by atoms with Crippen LogP contribution in [0.15, 0.2) is 54.6 Å². The molecule has 5 nitrogen and oxygen atoms in total. The first-order valence-electron chi connectivity index (χ1n) is 8.36. The molecule has 0 aliphatic rings. The number of rotatable bonds is 8. The molecule has 0 amide bonds. The first-order valence-corrected chi connectivity index (χ1v) is 8.36. The van der Waals surface area contributed by atoms with Crippen molar-refractivity contribution in [2.45, 2.75) is 32.6 Å². The lowest BCUT2D eigenvalue weighted by atomic mass is 10.1. The number of hydrogen-bond donors (Lipinski definition) is 0. The van der Waals surface area contributed by atoms with Crippen LogP contribution in [0.3, 0.4) is 0 Å². The molecular weight excluding hydrogens is 320 g/mol. The number of aryl methyl sites for hydroxylation is 1. The van der Waals surface area contributed by atoms with Gasteiger partial charge in [-0.25, -0.2) is 4.79 Å². The van der Waals surface area contributed by atoms with Gasteiger partial charge in [0.05, 0.1) is 6.61 Å². The van der Waals surface area contributed by atoms with Gasteiger partial charge in [-0.3, -0.25) is 4.79 Å². The Hall–Kier alpha value is -2.82. The van der Waals surface area contributed by atoms with E-state index < -0.39 is 6.16 Å². The first kappa shape index (κ1) is 18.5. The molecule has 132 valence electrons. The molecule has 0 fully saturated rings. The normalized spacial score (nSPS) is 10.1. The molecular formula is C20H22O5. The van der Waals surface area contributed by atoms with E-state index in [0.29, 0.717) is 24.5 Å². The zero-order valence-electron chi connectivity index (χ0n) is 14.3. The predicted octanol–water partition coefficient (Wildman–Crippen LogP) is 4.54. The highest BCUT2D eigenvalue weighted by molar-refractivity contribution is 5.72. The number of ether oxygens (including phenoxy) is 3. The van der Waals surface area contributed by atoms with Gasteiger partial charge >= 0.3 is 12.1 Å². The smallest absolute Gasteiger partial charge is 0.434 e. The molecule has 2 rings (SSSR count). The van der Waals surface area contributed by atoms with Gasteiger partial charge in [0.2, 0.25) is 0 Å². The molecule has 0 atom stereocenters. The Balaban J connectivity index is 1.80. The topological polar surface area (TPSA) is 61.8 Å². The fourth-order valence-electron chi connectivity index (χ4n) is 2.11. The van der Waals surface area contributed by atoms with Crippen molar-refractivity contribution in [3.63, 3.8) is 0 Å². The summed E-state index contributed by atoms with van der Waals surface area (Å²) in [5.41, 5.74) is 0.879. The summed E-state index contributed by atoms with van der Waals surface area (Å²) in [6.07, 6.45) is 1.77. The fourth-order valence-corrected chi connectivity index (χ4v) is 2.11. The second-order valence-electron chi connectivity index (χ2n) is 5.49. The lowest BCUT2D eigenvalue weighted by molar-refractivity contribution is -0.134. The molecule has 0 N–H and O–H groups in total. The van der Waals surface area contributed by atoms with Crippen molar-refractivity contribution in [1.82, 2.24) is 0 Å². The third-order valence-corrected chi connectivity index (χ3v) is 3.41. The number of unbranched alkanes of at least 4 members (excludes halogenated alkanes) is 1. The average Bonchev–Trinajstić information content (AvgIpc) is 2.61. The Morgan fingerprint density at radius 1 is 0.920 bits per heavy atom. The molecule has 0 unspecified atom stereocenters. The molecule has 2 aromatic rings. The third kappa shape index (κ3) is 7.08. The molecule has 5 heteroatoms. The van der Waals surface area contributed by atoms with E-state index in [9.17, 15) is 9.59 Å². The maximum atomic E-state index is 11.9. The Morgan fingerprint density at radius 3 is 2.44 bits per heavy atom. The van der Waals surface area contributed by atoms with Crippen LogP contribution in [-0.4, -0.2) is 18.7 Å². The molecule has 0 aromatic heterocycles. The van der Waals surface area contributed by atoms with Gasteiger partial charge in [-0.1, -0.05) is 43.7 Å². The Morgan fingerprint density at radius 2 is 1.68 bits per heavy atom. The van der Waals surface area contributed by atoms with Gasteiger partial charge in [0.25, 0.3) is 0 Å². The van der Waals surface area contributed by atoms with E-state index in [1.807, 2.05) is 31.2 Å². The van der Waals surface area contributed by atoms with Crippen LogP contribution in [0.1, 0.15) is 31.7 Å². The lowest BCUT2D eigenvalue weighted by Gasteiger charge is -2.07. The van der Waals surface area contributed by atoms with Gasteiger partial charge in [-0.2, -0.15) is 0 Å². The first-order chi connectivity index (χ1) is 12.2. The quantitative estimate of drug-likeness (QED) is 0.305. The SMILES string of the molecule is CCCCOC(=O)Oc1cccc(CCC(=O)Oc2ccccc2)c1. The highest BCUT2D eigenvalue weighted by atomic mass is 16.7. The Bertz CT molecular complexity index is 681.